The molecule has 2 bridgehead atoms. The topological polar surface area (TPSA) is 54.4 Å². The molecule has 1 aromatic rings. The standard InChI is InChI=1S/C18H22O3S/c1-3-16-15-9-13(19)11-18(16,10-12(2)17(15)20)22(21)14-7-5-4-6-8-14/h3-8,12,15,17,20H,9-11H2,1-2H3/t12-,15-,17-,18-,22?/m0/s1. The first-order chi connectivity index (χ1) is 10.5. The van der Waals surface area contributed by atoms with E-state index in [0.29, 0.717) is 19.3 Å². The zero-order valence-electron chi connectivity index (χ0n) is 13.0. The van der Waals surface area contributed by atoms with E-state index < -0.39 is 21.7 Å². The lowest BCUT2D eigenvalue weighted by atomic mass is 9.62. The first-order valence-corrected chi connectivity index (χ1v) is 8.98. The van der Waals surface area contributed by atoms with Crippen LogP contribution in [0, 0.1) is 11.8 Å². The van der Waals surface area contributed by atoms with Crippen LogP contribution in [0.15, 0.2) is 46.9 Å². The van der Waals surface area contributed by atoms with Gasteiger partial charge in [-0.15, -0.1) is 0 Å². The number of Topliss-reactive ketones (excluding diaryl/α,β-unsaturated/α-hetero) is 1. The monoisotopic (exact) mass is 318 g/mol. The van der Waals surface area contributed by atoms with Crippen molar-refractivity contribution in [1.82, 2.24) is 0 Å². The quantitative estimate of drug-likeness (QED) is 0.853. The van der Waals surface area contributed by atoms with E-state index in [1.54, 1.807) is 0 Å². The normalized spacial score (nSPS) is 38.0. The molecule has 118 valence electrons. The Hall–Kier alpha value is -1.26. The largest absolute Gasteiger partial charge is 0.392 e. The van der Waals surface area contributed by atoms with E-state index in [9.17, 15) is 14.1 Å². The molecular weight excluding hydrogens is 296 g/mol. The Kier molecular flexibility index (Phi) is 4.08. The van der Waals surface area contributed by atoms with Gasteiger partial charge in [0.15, 0.2) is 0 Å². The molecule has 5 atom stereocenters. The van der Waals surface area contributed by atoms with Crippen molar-refractivity contribution in [3.8, 4) is 0 Å². The lowest BCUT2D eigenvalue weighted by Gasteiger charge is -2.50. The maximum atomic E-state index is 13.3. The van der Waals surface area contributed by atoms with E-state index in [0.717, 1.165) is 10.5 Å². The molecule has 1 N–H and O–H groups in total. The van der Waals surface area contributed by atoms with E-state index >= 15 is 0 Å². The fourth-order valence-corrected chi connectivity index (χ4v) is 6.26. The SMILES string of the molecule is CC=C1[C@@H]2CC(=O)C[C@@]1(S(=O)c1ccccc1)C[C@H](C)[C@@H]2O. The van der Waals surface area contributed by atoms with Crippen LogP contribution in [0.1, 0.15) is 33.1 Å². The van der Waals surface area contributed by atoms with Gasteiger partial charge in [-0.3, -0.25) is 9.00 Å². The Morgan fingerprint density at radius 2 is 2.00 bits per heavy atom. The van der Waals surface area contributed by atoms with Crippen LogP contribution in [-0.2, 0) is 15.6 Å². The van der Waals surface area contributed by atoms with Crippen LogP contribution in [0.5, 0.6) is 0 Å². The molecule has 2 aliphatic carbocycles. The van der Waals surface area contributed by atoms with Gasteiger partial charge in [0.05, 0.1) is 21.7 Å². The molecule has 3 nitrogen and oxygen atoms in total. The Balaban J connectivity index is 2.11. The van der Waals surface area contributed by atoms with Crippen molar-refractivity contribution >= 4 is 16.6 Å². The summed E-state index contributed by atoms with van der Waals surface area (Å²) in [6.45, 7) is 3.93. The summed E-state index contributed by atoms with van der Waals surface area (Å²) in [6, 6.07) is 9.38. The van der Waals surface area contributed by atoms with Gasteiger partial charge in [0, 0.05) is 23.7 Å². The van der Waals surface area contributed by atoms with Gasteiger partial charge >= 0.3 is 0 Å². The molecule has 0 radical (unpaired) electrons. The number of ketones is 1. The van der Waals surface area contributed by atoms with E-state index in [1.807, 2.05) is 50.3 Å². The van der Waals surface area contributed by atoms with Crippen LogP contribution in [0.4, 0.5) is 0 Å². The van der Waals surface area contributed by atoms with E-state index in [2.05, 4.69) is 0 Å². The number of rotatable bonds is 2. The van der Waals surface area contributed by atoms with Gasteiger partial charge in [0.25, 0.3) is 0 Å². The first-order valence-electron chi connectivity index (χ1n) is 7.83. The Morgan fingerprint density at radius 1 is 1.32 bits per heavy atom. The number of allylic oxidation sites excluding steroid dienone is 1. The second-order valence-corrected chi connectivity index (χ2v) is 8.31. The highest BCUT2D eigenvalue weighted by atomic mass is 32.2. The molecule has 0 spiro atoms. The second-order valence-electron chi connectivity index (χ2n) is 6.52. The zero-order valence-corrected chi connectivity index (χ0v) is 13.8. The molecule has 1 aromatic carbocycles. The summed E-state index contributed by atoms with van der Waals surface area (Å²) in [5.41, 5.74) is 1.01. The summed E-state index contributed by atoms with van der Waals surface area (Å²) in [5.74, 6) is -0.0112. The summed E-state index contributed by atoms with van der Waals surface area (Å²) in [7, 11) is -1.28. The molecule has 1 unspecified atom stereocenters. The zero-order chi connectivity index (χ0) is 15.9. The van der Waals surface area contributed by atoms with Crippen molar-refractivity contribution in [2.45, 2.75) is 48.9 Å². The average molecular weight is 318 g/mol. The smallest absolute Gasteiger partial charge is 0.135 e. The highest BCUT2D eigenvalue weighted by Crippen LogP contribution is 2.52. The van der Waals surface area contributed by atoms with Crippen molar-refractivity contribution in [1.29, 1.82) is 0 Å². The van der Waals surface area contributed by atoms with E-state index in [4.69, 9.17) is 0 Å². The van der Waals surface area contributed by atoms with Crippen LogP contribution >= 0.6 is 0 Å². The number of hydrogen-bond donors (Lipinski definition) is 1. The van der Waals surface area contributed by atoms with Crippen LogP contribution in [0.25, 0.3) is 0 Å². The third-order valence-corrected chi connectivity index (χ3v) is 7.08. The predicted molar refractivity (Wildman–Crippen MR) is 86.9 cm³/mol. The number of carbonyl (C=O) groups excluding carboxylic acids is 1. The third-order valence-electron chi connectivity index (χ3n) is 5.13. The maximum absolute atomic E-state index is 13.3. The Labute approximate surface area is 133 Å². The summed E-state index contributed by atoms with van der Waals surface area (Å²) < 4.78 is 12.7. The number of hydrogen-bond acceptors (Lipinski definition) is 3. The van der Waals surface area contributed by atoms with Crippen molar-refractivity contribution in [2.75, 3.05) is 0 Å². The summed E-state index contributed by atoms with van der Waals surface area (Å²) >= 11 is 0. The average Bonchev–Trinajstić information content (AvgIpc) is 2.52. The van der Waals surface area contributed by atoms with Gasteiger partial charge in [-0.05, 0) is 37.0 Å². The lowest BCUT2D eigenvalue weighted by molar-refractivity contribution is -0.124. The molecule has 0 aromatic heterocycles. The van der Waals surface area contributed by atoms with Crippen molar-refractivity contribution < 1.29 is 14.1 Å². The molecule has 2 saturated carbocycles. The fraction of sp³-hybridized carbons (Fsp3) is 0.500. The second kappa shape index (κ2) is 5.74. The van der Waals surface area contributed by atoms with Crippen LogP contribution in [0.3, 0.4) is 0 Å². The Morgan fingerprint density at radius 3 is 2.64 bits per heavy atom. The first kappa shape index (κ1) is 15.6. The van der Waals surface area contributed by atoms with Crippen molar-refractivity contribution in [2.24, 2.45) is 11.8 Å². The van der Waals surface area contributed by atoms with Crippen molar-refractivity contribution in [3.05, 3.63) is 42.0 Å². The van der Waals surface area contributed by atoms with Gasteiger partial charge in [-0.2, -0.15) is 0 Å². The fourth-order valence-electron chi connectivity index (χ4n) is 4.21. The molecule has 3 rings (SSSR count). The van der Waals surface area contributed by atoms with Gasteiger partial charge < -0.3 is 5.11 Å². The molecule has 0 amide bonds. The molecule has 4 heteroatoms. The van der Waals surface area contributed by atoms with E-state index in [1.165, 1.54) is 0 Å². The minimum absolute atomic E-state index is 0.0504. The Bertz CT molecular complexity index is 637. The molecule has 2 fully saturated rings. The number of carbonyl (C=O) groups is 1. The van der Waals surface area contributed by atoms with Gasteiger partial charge in [-0.1, -0.05) is 31.2 Å². The molecular formula is C18H22O3S. The highest BCUT2D eigenvalue weighted by Gasteiger charge is 2.55. The van der Waals surface area contributed by atoms with Gasteiger partial charge in [-0.25, -0.2) is 0 Å². The number of aliphatic hydroxyl groups excluding tert-OH is 1. The summed E-state index contributed by atoms with van der Waals surface area (Å²) in [4.78, 5) is 13.0. The molecule has 0 heterocycles. The third kappa shape index (κ3) is 2.29. The predicted octanol–water partition coefficient (Wildman–Crippen LogP) is 2.86. The lowest BCUT2D eigenvalue weighted by Crippen LogP contribution is -2.55. The minimum Gasteiger partial charge on any atom is -0.392 e. The number of aliphatic hydroxyl groups is 1. The molecule has 22 heavy (non-hydrogen) atoms. The molecule has 2 aliphatic rings. The van der Waals surface area contributed by atoms with Gasteiger partial charge in [0.1, 0.15) is 5.78 Å². The maximum Gasteiger partial charge on any atom is 0.135 e. The highest BCUT2D eigenvalue weighted by molar-refractivity contribution is 7.86. The van der Waals surface area contributed by atoms with Gasteiger partial charge in [0.2, 0.25) is 0 Å². The van der Waals surface area contributed by atoms with Crippen molar-refractivity contribution in [3.63, 3.8) is 0 Å². The van der Waals surface area contributed by atoms with Crippen LogP contribution in [0.2, 0.25) is 0 Å². The number of fused-ring (bicyclic) bond motifs is 2. The van der Waals surface area contributed by atoms with Crippen LogP contribution in [-0.4, -0.2) is 25.9 Å². The van der Waals surface area contributed by atoms with Crippen LogP contribution < -0.4 is 0 Å². The van der Waals surface area contributed by atoms with E-state index in [-0.39, 0.29) is 17.6 Å². The summed E-state index contributed by atoms with van der Waals surface area (Å²) in [5, 5.41) is 10.5. The summed E-state index contributed by atoms with van der Waals surface area (Å²) in [6.07, 6.45) is 2.75. The number of benzene rings is 1. The molecule has 0 saturated heterocycles. The molecule has 0 aliphatic heterocycles. The minimum atomic E-state index is -1.28.